The van der Waals surface area contributed by atoms with Crippen molar-refractivity contribution in [1.82, 2.24) is 15.5 Å². The number of nitrogens with zero attached hydrogens (tertiary/aromatic N) is 1. The topological polar surface area (TPSA) is 79.9 Å². The zero-order valence-electron chi connectivity index (χ0n) is 21.1. The summed E-state index contributed by atoms with van der Waals surface area (Å²) in [5, 5.41) is 6.78. The van der Waals surface area contributed by atoms with Gasteiger partial charge in [0.1, 0.15) is 17.9 Å². The summed E-state index contributed by atoms with van der Waals surface area (Å²) in [4.78, 5) is 27.1. The molecule has 1 aromatic rings. The maximum Gasteiger partial charge on any atom is 0.255 e. The van der Waals surface area contributed by atoms with Crippen molar-refractivity contribution in [2.75, 3.05) is 20.2 Å². The number of carbonyl (C=O) groups is 2. The Balaban J connectivity index is 1.21. The first kappa shape index (κ1) is 24.6. The van der Waals surface area contributed by atoms with Gasteiger partial charge in [0.15, 0.2) is 0 Å². The van der Waals surface area contributed by atoms with Crippen molar-refractivity contribution in [2.24, 2.45) is 5.92 Å². The fraction of sp³-hybridized carbons (Fsp3) is 0.714. The predicted molar refractivity (Wildman–Crippen MR) is 134 cm³/mol. The average molecular weight is 484 g/mol. The standard InChI is InChI=1S/C28H41N3O4/c1-34-21-11-9-19(10-12-21)17-30-24-6-3-2-4-8-26(24)35-22-13-14-23-20(16-22)18-31(28(23)33)25-7-5-15-29-27(25)32/h13-14,16,19,21,24-26,30H,2-12,15,17-18H2,1H3,(H,29,32)/t19?,21?,24-,25?,26-/m0/s1. The van der Waals surface area contributed by atoms with Crippen LogP contribution in [0, 0.1) is 5.92 Å². The molecule has 35 heavy (non-hydrogen) atoms. The molecule has 0 aromatic heterocycles. The van der Waals surface area contributed by atoms with E-state index in [4.69, 9.17) is 9.47 Å². The molecule has 2 aliphatic carbocycles. The molecule has 0 bridgehead atoms. The Labute approximate surface area is 209 Å². The van der Waals surface area contributed by atoms with Crippen LogP contribution in [0.3, 0.4) is 0 Å². The van der Waals surface area contributed by atoms with Gasteiger partial charge in [0, 0.05) is 31.8 Å². The van der Waals surface area contributed by atoms with E-state index in [1.54, 1.807) is 4.90 Å². The Morgan fingerprint density at radius 2 is 1.83 bits per heavy atom. The second kappa shape index (κ2) is 11.3. The predicted octanol–water partition coefficient (Wildman–Crippen LogP) is 3.80. The van der Waals surface area contributed by atoms with Gasteiger partial charge in [-0.3, -0.25) is 9.59 Å². The van der Waals surface area contributed by atoms with Gasteiger partial charge in [0.25, 0.3) is 5.91 Å². The Hall–Kier alpha value is -2.12. The zero-order chi connectivity index (χ0) is 24.2. The number of carbonyl (C=O) groups excluding carboxylic acids is 2. The summed E-state index contributed by atoms with van der Waals surface area (Å²) in [5.41, 5.74) is 1.68. The Bertz CT molecular complexity index is 898. The summed E-state index contributed by atoms with van der Waals surface area (Å²) < 4.78 is 12.1. The summed E-state index contributed by atoms with van der Waals surface area (Å²) >= 11 is 0. The number of benzene rings is 1. The number of amides is 2. The smallest absolute Gasteiger partial charge is 0.255 e. The number of piperidine rings is 1. The van der Waals surface area contributed by atoms with Crippen LogP contribution >= 0.6 is 0 Å². The van der Waals surface area contributed by atoms with Gasteiger partial charge < -0.3 is 25.0 Å². The van der Waals surface area contributed by atoms with Gasteiger partial charge in [-0.2, -0.15) is 0 Å². The molecular weight excluding hydrogens is 442 g/mol. The molecule has 0 radical (unpaired) electrons. The van der Waals surface area contributed by atoms with Gasteiger partial charge in [-0.25, -0.2) is 0 Å². The lowest BCUT2D eigenvalue weighted by Crippen LogP contribution is -2.50. The summed E-state index contributed by atoms with van der Waals surface area (Å²) in [6, 6.07) is 5.86. The third-order valence-electron chi connectivity index (χ3n) is 8.58. The molecule has 7 nitrogen and oxygen atoms in total. The van der Waals surface area contributed by atoms with E-state index in [1.807, 2.05) is 25.3 Å². The molecule has 2 aliphatic heterocycles. The van der Waals surface area contributed by atoms with E-state index in [9.17, 15) is 9.59 Å². The molecule has 1 saturated heterocycles. The molecule has 2 amide bonds. The molecule has 7 heteroatoms. The lowest BCUT2D eigenvalue weighted by atomic mass is 9.87. The maximum absolute atomic E-state index is 13.0. The SMILES string of the molecule is COC1CCC(CN[C@H]2CCCCC[C@@H]2Oc2ccc3c(c2)CN(C2CCCNC2=O)C3=O)CC1. The van der Waals surface area contributed by atoms with Crippen molar-refractivity contribution in [3.8, 4) is 5.75 Å². The molecule has 3 fully saturated rings. The molecular formula is C28H41N3O4. The Kier molecular flexibility index (Phi) is 7.93. The van der Waals surface area contributed by atoms with Crippen LogP contribution in [0.5, 0.6) is 5.75 Å². The first-order chi connectivity index (χ1) is 17.1. The molecule has 2 saturated carbocycles. The summed E-state index contributed by atoms with van der Waals surface area (Å²) in [6.07, 6.45) is 12.9. The monoisotopic (exact) mass is 483 g/mol. The number of hydrogen-bond donors (Lipinski definition) is 2. The number of fused-ring (bicyclic) bond motifs is 1. The summed E-state index contributed by atoms with van der Waals surface area (Å²) in [7, 11) is 1.83. The van der Waals surface area contributed by atoms with Gasteiger partial charge in [0.2, 0.25) is 5.91 Å². The third kappa shape index (κ3) is 5.67. The van der Waals surface area contributed by atoms with Crippen molar-refractivity contribution in [2.45, 2.75) is 101 Å². The van der Waals surface area contributed by atoms with E-state index in [2.05, 4.69) is 10.6 Å². The molecule has 2 heterocycles. The van der Waals surface area contributed by atoms with Crippen molar-refractivity contribution in [1.29, 1.82) is 0 Å². The summed E-state index contributed by atoms with van der Waals surface area (Å²) in [5.74, 6) is 1.49. The second-order valence-corrected chi connectivity index (χ2v) is 10.9. The highest BCUT2D eigenvalue weighted by Crippen LogP contribution is 2.32. The molecule has 192 valence electrons. The van der Waals surface area contributed by atoms with Crippen LogP contribution in [0.25, 0.3) is 0 Å². The molecule has 4 aliphatic rings. The van der Waals surface area contributed by atoms with E-state index >= 15 is 0 Å². The van der Waals surface area contributed by atoms with Gasteiger partial charge >= 0.3 is 0 Å². The van der Waals surface area contributed by atoms with Crippen LogP contribution in [-0.4, -0.2) is 61.2 Å². The fourth-order valence-corrected chi connectivity index (χ4v) is 6.41. The summed E-state index contributed by atoms with van der Waals surface area (Å²) in [6.45, 7) is 2.24. The number of hydrogen-bond acceptors (Lipinski definition) is 5. The van der Waals surface area contributed by atoms with E-state index < -0.39 is 0 Å². The number of nitrogens with one attached hydrogen (secondary N) is 2. The highest BCUT2D eigenvalue weighted by molar-refractivity contribution is 6.01. The van der Waals surface area contributed by atoms with E-state index in [0.29, 0.717) is 30.8 Å². The molecule has 0 spiro atoms. The number of ether oxygens (including phenoxy) is 2. The molecule has 1 aromatic carbocycles. The van der Waals surface area contributed by atoms with E-state index in [1.165, 1.54) is 44.9 Å². The maximum atomic E-state index is 13.0. The largest absolute Gasteiger partial charge is 0.489 e. The van der Waals surface area contributed by atoms with Crippen LogP contribution < -0.4 is 15.4 Å². The quantitative estimate of drug-likeness (QED) is 0.577. The Morgan fingerprint density at radius 1 is 1.00 bits per heavy atom. The lowest BCUT2D eigenvalue weighted by Gasteiger charge is -2.32. The van der Waals surface area contributed by atoms with Crippen LogP contribution in [-0.2, 0) is 16.1 Å². The third-order valence-corrected chi connectivity index (χ3v) is 8.58. The first-order valence-corrected chi connectivity index (χ1v) is 13.8. The Morgan fingerprint density at radius 3 is 2.63 bits per heavy atom. The van der Waals surface area contributed by atoms with E-state index in [0.717, 1.165) is 49.5 Å². The highest BCUT2D eigenvalue weighted by atomic mass is 16.5. The van der Waals surface area contributed by atoms with Crippen molar-refractivity contribution in [3.05, 3.63) is 29.3 Å². The molecule has 2 N–H and O–H groups in total. The van der Waals surface area contributed by atoms with Gasteiger partial charge in [-0.05, 0) is 94.0 Å². The minimum atomic E-state index is -0.359. The minimum absolute atomic E-state index is 0.0306. The normalized spacial score (nSPS) is 31.6. The molecule has 3 atom stereocenters. The molecule has 5 rings (SSSR count). The first-order valence-electron chi connectivity index (χ1n) is 13.8. The molecule has 1 unspecified atom stereocenters. The van der Waals surface area contributed by atoms with Crippen LogP contribution in [0.15, 0.2) is 18.2 Å². The van der Waals surface area contributed by atoms with Crippen LogP contribution in [0.2, 0.25) is 0 Å². The van der Waals surface area contributed by atoms with Crippen molar-refractivity contribution in [3.63, 3.8) is 0 Å². The van der Waals surface area contributed by atoms with Crippen molar-refractivity contribution < 1.29 is 19.1 Å². The second-order valence-electron chi connectivity index (χ2n) is 10.9. The minimum Gasteiger partial charge on any atom is -0.489 e. The zero-order valence-corrected chi connectivity index (χ0v) is 21.1. The van der Waals surface area contributed by atoms with Crippen LogP contribution in [0.4, 0.5) is 0 Å². The lowest BCUT2D eigenvalue weighted by molar-refractivity contribution is -0.127. The van der Waals surface area contributed by atoms with E-state index in [-0.39, 0.29) is 24.0 Å². The average Bonchev–Trinajstić information content (AvgIpc) is 3.04. The van der Waals surface area contributed by atoms with Gasteiger partial charge in [-0.1, -0.05) is 12.8 Å². The van der Waals surface area contributed by atoms with Crippen molar-refractivity contribution >= 4 is 11.8 Å². The highest BCUT2D eigenvalue weighted by Gasteiger charge is 2.37. The van der Waals surface area contributed by atoms with Crippen LogP contribution in [0.1, 0.15) is 86.6 Å². The number of rotatable bonds is 7. The van der Waals surface area contributed by atoms with Gasteiger partial charge in [0.05, 0.1) is 6.10 Å². The number of methoxy groups -OCH3 is 1. The fourth-order valence-electron chi connectivity index (χ4n) is 6.41. The van der Waals surface area contributed by atoms with Gasteiger partial charge in [-0.15, -0.1) is 0 Å².